The van der Waals surface area contributed by atoms with Crippen LogP contribution in [0.25, 0.3) is 0 Å². The van der Waals surface area contributed by atoms with Crippen LogP contribution in [0.2, 0.25) is 0 Å². The number of carbonyl (C=O) groups excluding carboxylic acids is 1. The third-order valence-electron chi connectivity index (χ3n) is 4.55. The lowest BCUT2D eigenvalue weighted by Crippen LogP contribution is -2.47. The highest BCUT2D eigenvalue weighted by Gasteiger charge is 2.33. The number of likely N-dealkylation sites (tertiary alicyclic amines) is 1. The number of hydrogen-bond donors (Lipinski definition) is 4. The van der Waals surface area contributed by atoms with E-state index in [1.165, 1.54) is 0 Å². The lowest BCUT2D eigenvalue weighted by Gasteiger charge is -2.34. The van der Waals surface area contributed by atoms with Crippen molar-refractivity contribution in [1.29, 1.82) is 0 Å². The number of piperidine rings is 1. The smallest absolute Gasteiger partial charge is 0.404 e. The zero-order valence-electron chi connectivity index (χ0n) is 13.0. The van der Waals surface area contributed by atoms with Gasteiger partial charge in [0.1, 0.15) is 0 Å². The van der Waals surface area contributed by atoms with Crippen LogP contribution in [0.15, 0.2) is 0 Å². The molecular weight excluding hydrogens is 286 g/mol. The molecule has 0 aromatic heterocycles. The first kappa shape index (κ1) is 17.0. The van der Waals surface area contributed by atoms with Crippen molar-refractivity contribution in [1.82, 2.24) is 15.5 Å². The van der Waals surface area contributed by atoms with Crippen molar-refractivity contribution in [3.05, 3.63) is 0 Å². The number of hydrogen-bond acceptors (Lipinski definition) is 4. The van der Waals surface area contributed by atoms with Crippen molar-refractivity contribution in [3.63, 3.8) is 0 Å². The van der Waals surface area contributed by atoms with Crippen LogP contribution in [0, 0.1) is 5.92 Å². The summed E-state index contributed by atoms with van der Waals surface area (Å²) >= 11 is 0. The molecule has 1 unspecified atom stereocenters. The van der Waals surface area contributed by atoms with E-state index < -0.39 is 12.2 Å². The summed E-state index contributed by atoms with van der Waals surface area (Å²) < 4.78 is 0. The highest BCUT2D eigenvalue weighted by atomic mass is 16.4. The van der Waals surface area contributed by atoms with Gasteiger partial charge in [-0.2, -0.15) is 0 Å². The molecule has 0 bridgehead atoms. The SMILES string of the molecule is O=C(O)NCCCCC1CCCN(C(=O)[C@@H]2C[C@@H](O)CN2)C1. The fourth-order valence-electron chi connectivity index (χ4n) is 3.38. The van der Waals surface area contributed by atoms with E-state index in [1.54, 1.807) is 0 Å². The molecule has 22 heavy (non-hydrogen) atoms. The van der Waals surface area contributed by atoms with Crippen LogP contribution in [0.3, 0.4) is 0 Å². The van der Waals surface area contributed by atoms with Gasteiger partial charge in [-0.15, -0.1) is 0 Å². The molecule has 4 N–H and O–H groups in total. The maximum Gasteiger partial charge on any atom is 0.404 e. The van der Waals surface area contributed by atoms with Crippen molar-refractivity contribution >= 4 is 12.0 Å². The van der Waals surface area contributed by atoms with Crippen LogP contribution in [-0.2, 0) is 4.79 Å². The summed E-state index contributed by atoms with van der Waals surface area (Å²) in [6.45, 7) is 2.60. The van der Waals surface area contributed by atoms with Gasteiger partial charge in [-0.25, -0.2) is 4.79 Å². The number of β-amino-alcohol motifs (C(OH)–C–C–N with tert-alkyl or cyclic N) is 1. The minimum Gasteiger partial charge on any atom is -0.465 e. The Hall–Kier alpha value is -1.34. The Morgan fingerprint density at radius 2 is 2.14 bits per heavy atom. The second kappa shape index (κ2) is 8.33. The molecule has 2 saturated heterocycles. The zero-order valence-corrected chi connectivity index (χ0v) is 13.0. The zero-order chi connectivity index (χ0) is 15.9. The fourth-order valence-corrected chi connectivity index (χ4v) is 3.38. The molecule has 0 aromatic rings. The van der Waals surface area contributed by atoms with Gasteiger partial charge < -0.3 is 25.7 Å². The van der Waals surface area contributed by atoms with E-state index in [0.717, 1.165) is 45.2 Å². The molecular formula is C15H27N3O4. The van der Waals surface area contributed by atoms with Gasteiger partial charge in [0, 0.05) is 26.2 Å². The van der Waals surface area contributed by atoms with Gasteiger partial charge in [-0.05, 0) is 38.0 Å². The molecule has 2 rings (SSSR count). The van der Waals surface area contributed by atoms with Crippen LogP contribution >= 0.6 is 0 Å². The molecule has 2 aliphatic rings. The maximum absolute atomic E-state index is 12.4. The normalized spacial score (nSPS) is 28.6. The number of unbranched alkanes of at least 4 members (excludes halogenated alkanes) is 1. The summed E-state index contributed by atoms with van der Waals surface area (Å²) in [6, 6.07) is -0.228. The number of carboxylic acid groups (broad SMARTS) is 1. The van der Waals surface area contributed by atoms with Gasteiger partial charge in [0.15, 0.2) is 0 Å². The van der Waals surface area contributed by atoms with E-state index in [9.17, 15) is 14.7 Å². The first-order valence-electron chi connectivity index (χ1n) is 8.23. The number of amides is 2. The maximum atomic E-state index is 12.4. The Morgan fingerprint density at radius 3 is 2.82 bits per heavy atom. The van der Waals surface area contributed by atoms with E-state index in [1.807, 2.05) is 4.90 Å². The van der Waals surface area contributed by atoms with Gasteiger partial charge in [-0.1, -0.05) is 6.42 Å². The molecule has 0 radical (unpaired) electrons. The predicted molar refractivity (Wildman–Crippen MR) is 81.6 cm³/mol. The second-order valence-electron chi connectivity index (χ2n) is 6.37. The summed E-state index contributed by atoms with van der Waals surface area (Å²) in [5, 5.41) is 23.5. The molecule has 3 atom stereocenters. The van der Waals surface area contributed by atoms with E-state index in [0.29, 0.717) is 25.4 Å². The molecule has 126 valence electrons. The summed E-state index contributed by atoms with van der Waals surface area (Å²) in [7, 11) is 0. The molecule has 0 spiro atoms. The van der Waals surface area contributed by atoms with Crippen molar-refractivity contribution in [2.24, 2.45) is 5.92 Å². The molecule has 2 amide bonds. The first-order chi connectivity index (χ1) is 10.6. The van der Waals surface area contributed by atoms with Crippen LogP contribution in [0.1, 0.15) is 38.5 Å². The number of rotatable bonds is 6. The van der Waals surface area contributed by atoms with E-state index in [4.69, 9.17) is 5.11 Å². The fraction of sp³-hybridized carbons (Fsp3) is 0.867. The number of nitrogens with one attached hydrogen (secondary N) is 2. The summed E-state index contributed by atoms with van der Waals surface area (Å²) in [6.07, 6.45) is 4.15. The van der Waals surface area contributed by atoms with Crippen LogP contribution in [0.4, 0.5) is 4.79 Å². The Labute approximate surface area is 131 Å². The molecule has 0 aliphatic carbocycles. The first-order valence-corrected chi connectivity index (χ1v) is 8.23. The van der Waals surface area contributed by atoms with Gasteiger partial charge in [0.2, 0.25) is 5.91 Å². The molecule has 7 nitrogen and oxygen atoms in total. The average molecular weight is 313 g/mol. The van der Waals surface area contributed by atoms with Crippen LogP contribution < -0.4 is 10.6 Å². The lowest BCUT2D eigenvalue weighted by atomic mass is 9.92. The van der Waals surface area contributed by atoms with Gasteiger partial charge in [0.25, 0.3) is 0 Å². The highest BCUT2D eigenvalue weighted by molar-refractivity contribution is 5.82. The molecule has 0 aromatic carbocycles. The van der Waals surface area contributed by atoms with E-state index in [-0.39, 0.29) is 11.9 Å². The molecule has 7 heteroatoms. The third kappa shape index (κ3) is 5.14. The van der Waals surface area contributed by atoms with Crippen molar-refractivity contribution in [3.8, 4) is 0 Å². The Morgan fingerprint density at radius 1 is 1.32 bits per heavy atom. The standard InChI is InChI=1S/C15H27N3O4/c19-12-8-13(17-9-12)14(20)18-7-3-5-11(10-18)4-1-2-6-16-15(21)22/h11-13,16-17,19H,1-10H2,(H,21,22)/t11?,12-,13+/m1/s1. The van der Waals surface area contributed by atoms with Gasteiger partial charge in [-0.3, -0.25) is 4.79 Å². The summed E-state index contributed by atoms with van der Waals surface area (Å²) in [4.78, 5) is 24.7. The molecule has 2 aliphatic heterocycles. The number of nitrogens with zero attached hydrogens (tertiary/aromatic N) is 1. The van der Waals surface area contributed by atoms with Crippen molar-refractivity contribution < 1.29 is 19.8 Å². The van der Waals surface area contributed by atoms with Crippen LogP contribution in [-0.4, -0.2) is 65.4 Å². The van der Waals surface area contributed by atoms with Crippen LogP contribution in [0.5, 0.6) is 0 Å². The largest absolute Gasteiger partial charge is 0.465 e. The Balaban J connectivity index is 1.67. The highest BCUT2D eigenvalue weighted by Crippen LogP contribution is 2.23. The quantitative estimate of drug-likeness (QED) is 0.531. The van der Waals surface area contributed by atoms with Gasteiger partial charge >= 0.3 is 6.09 Å². The summed E-state index contributed by atoms with van der Waals surface area (Å²) in [5.74, 6) is 0.627. The third-order valence-corrected chi connectivity index (χ3v) is 4.55. The Kier molecular flexibility index (Phi) is 6.45. The monoisotopic (exact) mass is 313 g/mol. The Bertz CT molecular complexity index is 391. The molecule has 2 heterocycles. The van der Waals surface area contributed by atoms with E-state index >= 15 is 0 Å². The van der Waals surface area contributed by atoms with Gasteiger partial charge in [0.05, 0.1) is 12.1 Å². The van der Waals surface area contributed by atoms with Crippen molar-refractivity contribution in [2.75, 3.05) is 26.2 Å². The van der Waals surface area contributed by atoms with Crippen molar-refractivity contribution in [2.45, 2.75) is 50.7 Å². The minimum atomic E-state index is -0.972. The lowest BCUT2D eigenvalue weighted by molar-refractivity contribution is -0.135. The number of aliphatic hydroxyl groups excluding tert-OH is 1. The average Bonchev–Trinajstić information content (AvgIpc) is 2.93. The topological polar surface area (TPSA) is 102 Å². The predicted octanol–water partition coefficient (Wildman–Crippen LogP) is 0.386. The molecule has 0 saturated carbocycles. The number of aliphatic hydroxyl groups is 1. The number of carbonyl (C=O) groups is 2. The minimum absolute atomic E-state index is 0.119. The van der Waals surface area contributed by atoms with E-state index in [2.05, 4.69) is 10.6 Å². The molecule has 2 fully saturated rings. The second-order valence-corrected chi connectivity index (χ2v) is 6.37. The summed E-state index contributed by atoms with van der Waals surface area (Å²) in [5.41, 5.74) is 0.